The number of anilines is 4. The molecule has 6 nitrogen and oxygen atoms in total. The van der Waals surface area contributed by atoms with E-state index >= 15 is 0 Å². The van der Waals surface area contributed by atoms with Gasteiger partial charge >= 0.3 is 0 Å². The van der Waals surface area contributed by atoms with Crippen LogP contribution in [0.1, 0.15) is 12.8 Å². The molecule has 1 amide bonds. The third kappa shape index (κ3) is 4.14. The molecular weight excluding hydrogens is 326 g/mol. The monoisotopic (exact) mass is 351 g/mol. The first-order chi connectivity index (χ1) is 12.7. The standard InChI is InChI=1S/C20H25N5O/c1-24-10-12-25(13-11-24)18-7-4-16(5-8-18)22-17-6-9-19(21-14-17)23-20(26)15-2-3-15/h4-9,14-15,22H,2-3,10-13H2,1H3,(H,21,23,26). The van der Waals surface area contributed by atoms with Gasteiger partial charge in [-0.3, -0.25) is 4.79 Å². The Morgan fingerprint density at radius 3 is 2.31 bits per heavy atom. The summed E-state index contributed by atoms with van der Waals surface area (Å²) in [7, 11) is 2.17. The van der Waals surface area contributed by atoms with E-state index in [-0.39, 0.29) is 11.8 Å². The van der Waals surface area contributed by atoms with Crippen LogP contribution in [0, 0.1) is 5.92 Å². The van der Waals surface area contributed by atoms with Crippen molar-refractivity contribution in [2.45, 2.75) is 12.8 Å². The predicted molar refractivity (Wildman–Crippen MR) is 105 cm³/mol. The number of aromatic nitrogens is 1. The SMILES string of the molecule is CN1CCN(c2ccc(Nc3ccc(NC(=O)C4CC4)nc3)cc2)CC1. The van der Waals surface area contributed by atoms with Crippen molar-refractivity contribution in [1.29, 1.82) is 0 Å². The first kappa shape index (κ1) is 16.8. The Bertz CT molecular complexity index is 747. The van der Waals surface area contributed by atoms with Crippen LogP contribution in [0.15, 0.2) is 42.6 Å². The summed E-state index contributed by atoms with van der Waals surface area (Å²) in [6, 6.07) is 12.3. The first-order valence-corrected chi connectivity index (χ1v) is 9.25. The maximum absolute atomic E-state index is 11.8. The molecule has 0 bridgehead atoms. The van der Waals surface area contributed by atoms with Gasteiger partial charge in [0.15, 0.2) is 0 Å². The van der Waals surface area contributed by atoms with E-state index < -0.39 is 0 Å². The van der Waals surface area contributed by atoms with Crippen LogP contribution in [0.5, 0.6) is 0 Å². The van der Waals surface area contributed by atoms with Crippen molar-refractivity contribution >= 4 is 28.8 Å². The number of carbonyl (C=O) groups is 1. The topological polar surface area (TPSA) is 60.5 Å². The van der Waals surface area contributed by atoms with Crippen LogP contribution >= 0.6 is 0 Å². The average Bonchev–Trinajstić information content (AvgIpc) is 3.50. The second-order valence-corrected chi connectivity index (χ2v) is 7.16. The lowest BCUT2D eigenvalue weighted by Gasteiger charge is -2.34. The van der Waals surface area contributed by atoms with E-state index in [9.17, 15) is 4.79 Å². The number of likely N-dealkylation sites (N-methyl/N-ethyl adjacent to an activating group) is 1. The van der Waals surface area contributed by atoms with Gasteiger partial charge in [-0.25, -0.2) is 4.98 Å². The quantitative estimate of drug-likeness (QED) is 0.867. The van der Waals surface area contributed by atoms with E-state index in [0.717, 1.165) is 50.4 Å². The van der Waals surface area contributed by atoms with E-state index in [1.807, 2.05) is 12.1 Å². The number of hydrogen-bond donors (Lipinski definition) is 2. The molecule has 0 spiro atoms. The molecule has 2 aliphatic rings. The van der Waals surface area contributed by atoms with Gasteiger partial charge in [0.25, 0.3) is 0 Å². The number of amides is 1. The third-order valence-corrected chi connectivity index (χ3v) is 4.99. The molecule has 1 aliphatic heterocycles. The Morgan fingerprint density at radius 1 is 1.00 bits per heavy atom. The molecule has 1 aromatic carbocycles. The molecule has 1 saturated carbocycles. The van der Waals surface area contributed by atoms with Crippen molar-refractivity contribution in [3.05, 3.63) is 42.6 Å². The predicted octanol–water partition coefficient (Wildman–Crippen LogP) is 2.93. The third-order valence-electron chi connectivity index (χ3n) is 4.99. The molecule has 26 heavy (non-hydrogen) atoms. The van der Waals surface area contributed by atoms with E-state index in [0.29, 0.717) is 5.82 Å². The molecular formula is C20H25N5O. The first-order valence-electron chi connectivity index (χ1n) is 9.25. The van der Waals surface area contributed by atoms with Gasteiger partial charge in [0.05, 0.1) is 11.9 Å². The Hall–Kier alpha value is -2.60. The molecule has 2 fully saturated rings. The van der Waals surface area contributed by atoms with Crippen molar-refractivity contribution in [2.24, 2.45) is 5.92 Å². The smallest absolute Gasteiger partial charge is 0.228 e. The fourth-order valence-electron chi connectivity index (χ4n) is 3.10. The fourth-order valence-corrected chi connectivity index (χ4v) is 3.10. The molecule has 1 aliphatic carbocycles. The molecule has 2 aromatic rings. The summed E-state index contributed by atoms with van der Waals surface area (Å²) >= 11 is 0. The van der Waals surface area contributed by atoms with E-state index in [4.69, 9.17) is 0 Å². The van der Waals surface area contributed by atoms with E-state index in [1.165, 1.54) is 5.69 Å². The van der Waals surface area contributed by atoms with Gasteiger partial charge in [0.2, 0.25) is 5.91 Å². The van der Waals surface area contributed by atoms with Gasteiger partial charge in [-0.05, 0) is 56.3 Å². The summed E-state index contributed by atoms with van der Waals surface area (Å²) in [4.78, 5) is 20.9. The second kappa shape index (κ2) is 7.33. The maximum Gasteiger partial charge on any atom is 0.228 e. The minimum Gasteiger partial charge on any atom is -0.369 e. The van der Waals surface area contributed by atoms with Crippen LogP contribution < -0.4 is 15.5 Å². The zero-order valence-corrected chi connectivity index (χ0v) is 15.1. The Balaban J connectivity index is 1.34. The highest BCUT2D eigenvalue weighted by Crippen LogP contribution is 2.30. The highest BCUT2D eigenvalue weighted by Gasteiger charge is 2.29. The van der Waals surface area contributed by atoms with Gasteiger partial charge in [0.1, 0.15) is 5.82 Å². The van der Waals surface area contributed by atoms with Crippen LogP contribution in [0.25, 0.3) is 0 Å². The summed E-state index contributed by atoms with van der Waals surface area (Å²) in [5, 5.41) is 6.21. The minimum absolute atomic E-state index is 0.0812. The molecule has 1 aromatic heterocycles. The highest BCUT2D eigenvalue weighted by atomic mass is 16.2. The van der Waals surface area contributed by atoms with Crippen molar-refractivity contribution < 1.29 is 4.79 Å². The van der Waals surface area contributed by atoms with Crippen molar-refractivity contribution in [2.75, 3.05) is 48.8 Å². The van der Waals surface area contributed by atoms with Gasteiger partial charge in [-0.1, -0.05) is 0 Å². The minimum atomic E-state index is 0.0812. The lowest BCUT2D eigenvalue weighted by molar-refractivity contribution is -0.117. The van der Waals surface area contributed by atoms with Crippen LogP contribution in [0.3, 0.4) is 0 Å². The number of benzene rings is 1. The average molecular weight is 351 g/mol. The summed E-state index contributed by atoms with van der Waals surface area (Å²) < 4.78 is 0. The van der Waals surface area contributed by atoms with E-state index in [1.54, 1.807) is 6.20 Å². The Kier molecular flexibility index (Phi) is 4.75. The summed E-state index contributed by atoms with van der Waals surface area (Å²) in [5.41, 5.74) is 3.20. The molecule has 2 N–H and O–H groups in total. The van der Waals surface area contributed by atoms with Crippen LogP contribution in [0.2, 0.25) is 0 Å². The molecule has 4 rings (SSSR count). The zero-order chi connectivity index (χ0) is 17.9. The molecule has 2 heterocycles. The fraction of sp³-hybridized carbons (Fsp3) is 0.400. The lowest BCUT2D eigenvalue weighted by atomic mass is 10.2. The normalized spacial score (nSPS) is 17.8. The van der Waals surface area contributed by atoms with Gasteiger partial charge in [-0.15, -0.1) is 0 Å². The van der Waals surface area contributed by atoms with Crippen molar-refractivity contribution in [3.8, 4) is 0 Å². The molecule has 1 saturated heterocycles. The molecule has 136 valence electrons. The molecule has 0 unspecified atom stereocenters. The van der Waals surface area contributed by atoms with E-state index in [2.05, 4.69) is 56.7 Å². The molecule has 0 atom stereocenters. The summed E-state index contributed by atoms with van der Waals surface area (Å²) in [6.45, 7) is 4.35. The Morgan fingerprint density at radius 2 is 1.69 bits per heavy atom. The number of piperazine rings is 1. The van der Waals surface area contributed by atoms with Gasteiger partial charge < -0.3 is 20.4 Å². The second-order valence-electron chi connectivity index (χ2n) is 7.16. The van der Waals surface area contributed by atoms with Crippen LogP contribution in [-0.4, -0.2) is 49.0 Å². The van der Waals surface area contributed by atoms with Crippen molar-refractivity contribution in [3.63, 3.8) is 0 Å². The number of rotatable bonds is 5. The van der Waals surface area contributed by atoms with Gasteiger partial charge in [0, 0.05) is 43.5 Å². The zero-order valence-electron chi connectivity index (χ0n) is 15.1. The van der Waals surface area contributed by atoms with Crippen LogP contribution in [0.4, 0.5) is 22.9 Å². The number of nitrogens with zero attached hydrogens (tertiary/aromatic N) is 3. The maximum atomic E-state index is 11.8. The van der Waals surface area contributed by atoms with Gasteiger partial charge in [-0.2, -0.15) is 0 Å². The van der Waals surface area contributed by atoms with Crippen molar-refractivity contribution in [1.82, 2.24) is 9.88 Å². The van der Waals surface area contributed by atoms with Crippen LogP contribution in [-0.2, 0) is 4.79 Å². The number of nitrogens with one attached hydrogen (secondary N) is 2. The number of carbonyl (C=O) groups excluding carboxylic acids is 1. The lowest BCUT2D eigenvalue weighted by Crippen LogP contribution is -2.44. The number of hydrogen-bond acceptors (Lipinski definition) is 5. The highest BCUT2D eigenvalue weighted by molar-refractivity contribution is 5.93. The summed E-state index contributed by atoms with van der Waals surface area (Å²) in [6.07, 6.45) is 3.74. The molecule has 6 heteroatoms. The Labute approximate surface area is 154 Å². The largest absolute Gasteiger partial charge is 0.369 e. The summed E-state index contributed by atoms with van der Waals surface area (Å²) in [5.74, 6) is 0.879. The molecule has 0 radical (unpaired) electrons. The number of pyridine rings is 1.